The maximum atomic E-state index is 13.8. The Labute approximate surface area is 224 Å². The lowest BCUT2D eigenvalue weighted by molar-refractivity contribution is 0.0831. The monoisotopic (exact) mass is 535 g/mol. The first kappa shape index (κ1) is 25.6. The first-order valence-electron chi connectivity index (χ1n) is 12.1. The van der Waals surface area contributed by atoms with Crippen molar-refractivity contribution in [1.82, 2.24) is 9.13 Å². The van der Waals surface area contributed by atoms with Crippen LogP contribution in [0, 0.1) is 17.1 Å². The van der Waals surface area contributed by atoms with Gasteiger partial charge in [0.1, 0.15) is 11.6 Å². The number of imidazole rings is 1. The molecule has 4 aromatic rings. The average molecular weight is 536 g/mol. The predicted octanol–water partition coefficient (Wildman–Crippen LogP) is 5.27. The zero-order chi connectivity index (χ0) is 27.0. The first-order chi connectivity index (χ1) is 18.3. The third-order valence-corrected chi connectivity index (χ3v) is 7.17. The minimum atomic E-state index is -0.477. The molecule has 0 aliphatic carbocycles. The van der Waals surface area contributed by atoms with E-state index < -0.39 is 11.7 Å². The molecule has 1 N–H and O–H groups in total. The molecular formula is C29H27ClFN3O4. The van der Waals surface area contributed by atoms with Gasteiger partial charge in [-0.25, -0.2) is 4.39 Å². The fraction of sp³-hybridized carbons (Fsp3) is 0.241. The predicted molar refractivity (Wildman–Crippen MR) is 142 cm³/mol. The highest BCUT2D eigenvalue weighted by molar-refractivity contribution is 6.31. The van der Waals surface area contributed by atoms with E-state index in [-0.39, 0.29) is 17.4 Å². The minimum Gasteiger partial charge on any atom is -0.493 e. The Hall–Kier alpha value is -4.04. The van der Waals surface area contributed by atoms with Crippen molar-refractivity contribution in [3.63, 3.8) is 0 Å². The van der Waals surface area contributed by atoms with Crippen molar-refractivity contribution >= 4 is 17.4 Å². The van der Waals surface area contributed by atoms with Gasteiger partial charge < -0.3 is 23.3 Å². The van der Waals surface area contributed by atoms with Crippen molar-refractivity contribution < 1.29 is 23.4 Å². The second kappa shape index (κ2) is 10.4. The van der Waals surface area contributed by atoms with E-state index >= 15 is 0 Å². The summed E-state index contributed by atoms with van der Waals surface area (Å²) in [6.45, 7) is 0.568. The summed E-state index contributed by atoms with van der Waals surface area (Å²) in [7, 11) is 4.95. The van der Waals surface area contributed by atoms with Crippen LogP contribution in [0.2, 0.25) is 5.02 Å². The van der Waals surface area contributed by atoms with Gasteiger partial charge >= 0.3 is 0 Å². The van der Waals surface area contributed by atoms with Crippen LogP contribution in [0.1, 0.15) is 21.5 Å². The fourth-order valence-electron chi connectivity index (χ4n) is 4.77. The molecule has 0 saturated heterocycles. The van der Waals surface area contributed by atoms with Crippen molar-refractivity contribution in [2.24, 2.45) is 13.0 Å². The van der Waals surface area contributed by atoms with Crippen LogP contribution in [-0.2, 0) is 20.0 Å². The van der Waals surface area contributed by atoms with Gasteiger partial charge in [0.2, 0.25) is 5.62 Å². The normalized spacial score (nSPS) is 14.7. The van der Waals surface area contributed by atoms with Crippen molar-refractivity contribution in [1.29, 1.82) is 5.41 Å². The number of hydrogen-bond acceptors (Lipinski definition) is 5. The largest absolute Gasteiger partial charge is 0.493 e. The summed E-state index contributed by atoms with van der Waals surface area (Å²) in [5, 5.41) is 8.61. The standard InChI is InChI=1S/C29H27ClFN3O4/c1-33-8-9-34(29(33)32)15-17-10-22(18-5-7-25(36-2)26(13-18)37-3)28-23(11-17)27(35)20(16-38-28)12-19-4-6-21(31)14-24(19)30/h4-11,13-14,20,32H,12,15-16H2,1-3H3. The molecule has 9 heteroatoms. The van der Waals surface area contributed by atoms with Gasteiger partial charge in [0, 0.05) is 30.0 Å². The highest BCUT2D eigenvalue weighted by Gasteiger charge is 2.32. The van der Waals surface area contributed by atoms with Crippen LogP contribution in [0.5, 0.6) is 17.2 Å². The van der Waals surface area contributed by atoms with Gasteiger partial charge in [-0.2, -0.15) is 0 Å². The molecule has 0 radical (unpaired) electrons. The number of fused-ring (bicyclic) bond motifs is 1. The summed E-state index contributed by atoms with van der Waals surface area (Å²) in [4.78, 5) is 13.8. The molecule has 38 heavy (non-hydrogen) atoms. The number of nitrogens with zero attached hydrogens (tertiary/aromatic N) is 2. The molecule has 3 aromatic carbocycles. The topological polar surface area (TPSA) is 78.5 Å². The van der Waals surface area contributed by atoms with E-state index in [2.05, 4.69) is 0 Å². The Morgan fingerprint density at radius 1 is 1.05 bits per heavy atom. The molecule has 1 unspecified atom stereocenters. The minimum absolute atomic E-state index is 0.0700. The van der Waals surface area contributed by atoms with E-state index in [4.69, 9.17) is 31.2 Å². The molecular weight excluding hydrogens is 509 g/mol. The van der Waals surface area contributed by atoms with Gasteiger partial charge in [0.25, 0.3) is 0 Å². The highest BCUT2D eigenvalue weighted by atomic mass is 35.5. The van der Waals surface area contributed by atoms with Gasteiger partial charge in [-0.3, -0.25) is 10.2 Å². The Bertz CT molecular complexity index is 1590. The van der Waals surface area contributed by atoms with Crippen molar-refractivity contribution in [2.75, 3.05) is 20.8 Å². The van der Waals surface area contributed by atoms with Crippen molar-refractivity contribution in [2.45, 2.75) is 13.0 Å². The molecule has 1 atom stereocenters. The van der Waals surface area contributed by atoms with E-state index in [1.165, 1.54) is 12.1 Å². The van der Waals surface area contributed by atoms with Crippen LogP contribution in [0.3, 0.4) is 0 Å². The number of nitrogens with one attached hydrogen (secondary N) is 1. The smallest absolute Gasteiger partial charge is 0.202 e. The molecule has 7 nitrogen and oxygen atoms in total. The lowest BCUT2D eigenvalue weighted by atomic mass is 9.86. The molecule has 0 fully saturated rings. The molecule has 1 aliphatic rings. The number of Topliss-reactive ketones (excluding diaryl/α,β-unsaturated/α-hetero) is 1. The third kappa shape index (κ3) is 4.79. The number of ether oxygens (including phenoxy) is 3. The maximum absolute atomic E-state index is 13.8. The van der Waals surface area contributed by atoms with Crippen LogP contribution >= 0.6 is 11.6 Å². The average Bonchev–Trinajstić information content (AvgIpc) is 3.23. The highest BCUT2D eigenvalue weighted by Crippen LogP contribution is 2.42. The quantitative estimate of drug-likeness (QED) is 0.350. The third-order valence-electron chi connectivity index (χ3n) is 6.82. The summed E-state index contributed by atoms with van der Waals surface area (Å²) >= 11 is 6.25. The molecule has 1 aliphatic heterocycles. The SMILES string of the molecule is COc1ccc(-c2cc(Cn3ccn(C)c3=N)cc3c2OCC(Cc2ccc(F)cc2Cl)C3=O)cc1OC. The molecule has 0 bridgehead atoms. The Morgan fingerprint density at radius 3 is 2.50 bits per heavy atom. The van der Waals surface area contributed by atoms with Gasteiger partial charge in [0.05, 0.1) is 38.9 Å². The second-order valence-corrected chi connectivity index (χ2v) is 9.67. The lowest BCUT2D eigenvalue weighted by Gasteiger charge is -2.27. The van der Waals surface area contributed by atoms with E-state index in [0.717, 1.165) is 16.7 Å². The van der Waals surface area contributed by atoms with Gasteiger partial charge in [-0.15, -0.1) is 0 Å². The lowest BCUT2D eigenvalue weighted by Crippen LogP contribution is -2.30. The van der Waals surface area contributed by atoms with Gasteiger partial charge in [0.15, 0.2) is 17.3 Å². The number of aromatic nitrogens is 2. The summed E-state index contributed by atoms with van der Waals surface area (Å²) in [6, 6.07) is 13.6. The van der Waals surface area contributed by atoms with E-state index in [1.54, 1.807) is 29.4 Å². The van der Waals surface area contributed by atoms with Crippen molar-refractivity contribution in [3.05, 3.63) is 94.1 Å². The first-order valence-corrected chi connectivity index (χ1v) is 12.4. The second-order valence-electron chi connectivity index (χ2n) is 9.26. The Kier molecular flexibility index (Phi) is 6.99. The Morgan fingerprint density at radius 2 is 1.82 bits per heavy atom. The molecule has 0 saturated carbocycles. The van der Waals surface area contributed by atoms with Gasteiger partial charge in [-0.1, -0.05) is 23.7 Å². The van der Waals surface area contributed by atoms with Crippen LogP contribution in [0.4, 0.5) is 4.39 Å². The number of halogens is 2. The molecule has 2 heterocycles. The Balaban J connectivity index is 1.59. The van der Waals surface area contributed by atoms with Crippen LogP contribution in [0.25, 0.3) is 11.1 Å². The molecule has 5 rings (SSSR count). The van der Waals surface area contributed by atoms with E-state index in [1.807, 2.05) is 49.8 Å². The number of hydrogen-bond donors (Lipinski definition) is 1. The molecule has 0 spiro atoms. The summed E-state index contributed by atoms with van der Waals surface area (Å²) in [5.41, 5.74) is 3.88. The number of aryl methyl sites for hydroxylation is 1. The summed E-state index contributed by atoms with van der Waals surface area (Å²) in [5.74, 6) is 0.673. The molecule has 1 aromatic heterocycles. The summed E-state index contributed by atoms with van der Waals surface area (Å²) < 4.78 is 34.2. The molecule has 196 valence electrons. The fourth-order valence-corrected chi connectivity index (χ4v) is 5.01. The molecule has 0 amide bonds. The van der Waals surface area contributed by atoms with E-state index in [0.29, 0.717) is 47.0 Å². The van der Waals surface area contributed by atoms with E-state index in [9.17, 15) is 9.18 Å². The van der Waals surface area contributed by atoms with Crippen LogP contribution < -0.4 is 19.8 Å². The zero-order valence-corrected chi connectivity index (χ0v) is 22.0. The van der Waals surface area contributed by atoms with Crippen LogP contribution in [0.15, 0.2) is 60.9 Å². The number of carbonyl (C=O) groups is 1. The van der Waals surface area contributed by atoms with Gasteiger partial charge in [-0.05, 0) is 59.5 Å². The number of benzene rings is 3. The maximum Gasteiger partial charge on any atom is 0.202 e. The summed E-state index contributed by atoms with van der Waals surface area (Å²) in [6.07, 6.45) is 3.97. The number of carbonyl (C=O) groups excluding carboxylic acids is 1. The zero-order valence-electron chi connectivity index (χ0n) is 21.3. The van der Waals surface area contributed by atoms with Crippen LogP contribution in [-0.4, -0.2) is 35.7 Å². The number of methoxy groups -OCH3 is 2. The number of ketones is 1. The number of rotatable bonds is 7. The van der Waals surface area contributed by atoms with Crippen molar-refractivity contribution in [3.8, 4) is 28.4 Å².